The van der Waals surface area contributed by atoms with E-state index >= 15 is 0 Å². The minimum atomic E-state index is -1.42. The van der Waals surface area contributed by atoms with Crippen LogP contribution in [0.25, 0.3) is 0 Å². The van der Waals surface area contributed by atoms with Crippen LogP contribution in [0.2, 0.25) is 0 Å². The molecule has 1 aromatic rings. The van der Waals surface area contributed by atoms with Gasteiger partial charge in [0.15, 0.2) is 0 Å². The number of carboxylic acid groups (broad SMARTS) is 2. The Labute approximate surface area is 220 Å². The van der Waals surface area contributed by atoms with Gasteiger partial charge in [-0.05, 0) is 69.5 Å². The van der Waals surface area contributed by atoms with E-state index in [-0.39, 0.29) is 31.8 Å². The van der Waals surface area contributed by atoms with E-state index in [1.807, 2.05) is 0 Å². The van der Waals surface area contributed by atoms with E-state index in [0.717, 1.165) is 25.7 Å². The van der Waals surface area contributed by atoms with Crippen molar-refractivity contribution in [1.29, 1.82) is 0 Å². The van der Waals surface area contributed by atoms with Crippen molar-refractivity contribution >= 4 is 35.5 Å². The Balaban J connectivity index is 1.62. The summed E-state index contributed by atoms with van der Waals surface area (Å²) in [4.78, 5) is 63.2. The van der Waals surface area contributed by atoms with Gasteiger partial charge in [0, 0.05) is 18.5 Å². The number of para-hydroxylation sites is 1. The Morgan fingerprint density at radius 1 is 1.00 bits per heavy atom. The summed E-state index contributed by atoms with van der Waals surface area (Å²) < 4.78 is 5.38. The molecule has 0 bridgehead atoms. The van der Waals surface area contributed by atoms with E-state index in [0.29, 0.717) is 30.6 Å². The summed E-state index contributed by atoms with van der Waals surface area (Å²) in [5.41, 5.74) is 6.73. The van der Waals surface area contributed by atoms with E-state index in [4.69, 9.17) is 10.5 Å². The maximum absolute atomic E-state index is 13.0. The number of rotatable bonds is 13. The van der Waals surface area contributed by atoms with E-state index in [1.54, 1.807) is 24.3 Å². The molecule has 1 heterocycles. The molecule has 1 aliphatic heterocycles. The van der Waals surface area contributed by atoms with Gasteiger partial charge in [0.1, 0.15) is 24.2 Å². The molecule has 1 saturated carbocycles. The SMILES string of the molecule is NCCCC[C@H](NC(=O)OC1CCCC1)C(=O)N[C@H](CCC(=O)N1c2ccccc2C[C@H]1C(=O)O)C(=O)O. The third-order valence-corrected chi connectivity index (χ3v) is 6.92. The number of hydrogen-bond donors (Lipinski definition) is 5. The first-order valence-corrected chi connectivity index (χ1v) is 13.0. The lowest BCUT2D eigenvalue weighted by molar-refractivity contribution is -0.143. The second kappa shape index (κ2) is 13.8. The normalized spacial score (nSPS) is 18.3. The zero-order chi connectivity index (χ0) is 27.7. The molecule has 0 unspecified atom stereocenters. The molecular weight excluding hydrogens is 496 g/mol. The third kappa shape index (κ3) is 7.67. The average molecular weight is 533 g/mol. The number of benzene rings is 1. The second-order valence-electron chi connectivity index (χ2n) is 9.68. The van der Waals surface area contributed by atoms with Crippen LogP contribution >= 0.6 is 0 Å². The third-order valence-electron chi connectivity index (χ3n) is 6.92. The Bertz CT molecular complexity index is 1030. The monoisotopic (exact) mass is 532 g/mol. The quantitative estimate of drug-likeness (QED) is 0.235. The van der Waals surface area contributed by atoms with Crippen LogP contribution in [0.4, 0.5) is 10.5 Å². The van der Waals surface area contributed by atoms with Crippen molar-refractivity contribution in [3.05, 3.63) is 29.8 Å². The number of anilines is 1. The number of amides is 3. The summed E-state index contributed by atoms with van der Waals surface area (Å²) in [5, 5.41) is 24.3. The van der Waals surface area contributed by atoms with Gasteiger partial charge in [-0.2, -0.15) is 0 Å². The number of fused-ring (bicyclic) bond motifs is 1. The molecule has 0 radical (unpaired) electrons. The highest BCUT2D eigenvalue weighted by Crippen LogP contribution is 2.33. The molecule has 3 atom stereocenters. The number of carbonyl (C=O) groups is 5. The number of hydrogen-bond acceptors (Lipinski definition) is 7. The first-order valence-electron chi connectivity index (χ1n) is 13.0. The van der Waals surface area contributed by atoms with E-state index in [9.17, 15) is 34.2 Å². The van der Waals surface area contributed by atoms with E-state index in [1.165, 1.54) is 4.90 Å². The first-order chi connectivity index (χ1) is 18.2. The summed E-state index contributed by atoms with van der Waals surface area (Å²) >= 11 is 0. The van der Waals surface area contributed by atoms with Crippen LogP contribution in [0.15, 0.2) is 24.3 Å². The van der Waals surface area contributed by atoms with Crippen molar-refractivity contribution in [2.24, 2.45) is 5.73 Å². The molecule has 3 rings (SSSR count). The minimum Gasteiger partial charge on any atom is -0.480 e. The number of nitrogens with one attached hydrogen (secondary N) is 2. The molecule has 1 aromatic carbocycles. The highest BCUT2D eigenvalue weighted by molar-refractivity contribution is 6.02. The number of carboxylic acids is 2. The number of nitrogens with two attached hydrogens (primary N) is 1. The first kappa shape index (κ1) is 28.9. The molecular formula is C26H36N4O8. The largest absolute Gasteiger partial charge is 0.480 e. The average Bonchev–Trinajstić information content (AvgIpc) is 3.53. The van der Waals surface area contributed by atoms with Gasteiger partial charge in [-0.3, -0.25) is 14.5 Å². The Morgan fingerprint density at radius 3 is 2.37 bits per heavy atom. The Hall–Kier alpha value is -3.67. The van der Waals surface area contributed by atoms with E-state index in [2.05, 4.69) is 10.6 Å². The van der Waals surface area contributed by atoms with Crippen molar-refractivity contribution in [1.82, 2.24) is 10.6 Å². The van der Waals surface area contributed by atoms with Crippen LogP contribution in [0.5, 0.6) is 0 Å². The number of carbonyl (C=O) groups excluding carboxylic acids is 3. The molecule has 1 aliphatic carbocycles. The van der Waals surface area contributed by atoms with Crippen molar-refractivity contribution in [2.45, 2.75) is 88.4 Å². The van der Waals surface area contributed by atoms with Crippen molar-refractivity contribution in [3.63, 3.8) is 0 Å². The molecule has 6 N–H and O–H groups in total. The molecule has 12 nitrogen and oxygen atoms in total. The van der Waals surface area contributed by atoms with Crippen molar-refractivity contribution < 1.29 is 38.9 Å². The van der Waals surface area contributed by atoms with Crippen LogP contribution in [-0.2, 0) is 30.3 Å². The molecule has 0 aromatic heterocycles. The van der Waals surface area contributed by atoms with Crippen LogP contribution < -0.4 is 21.3 Å². The zero-order valence-electron chi connectivity index (χ0n) is 21.3. The second-order valence-corrected chi connectivity index (χ2v) is 9.68. The summed E-state index contributed by atoms with van der Waals surface area (Å²) in [7, 11) is 0. The fourth-order valence-corrected chi connectivity index (χ4v) is 4.91. The number of aliphatic carboxylic acids is 2. The summed E-state index contributed by atoms with van der Waals surface area (Å²) in [6.45, 7) is 0.400. The highest BCUT2D eigenvalue weighted by atomic mass is 16.6. The zero-order valence-corrected chi connectivity index (χ0v) is 21.3. The fourth-order valence-electron chi connectivity index (χ4n) is 4.91. The van der Waals surface area contributed by atoms with Gasteiger partial charge in [-0.25, -0.2) is 14.4 Å². The van der Waals surface area contributed by atoms with Crippen molar-refractivity contribution in [3.8, 4) is 0 Å². The summed E-state index contributed by atoms with van der Waals surface area (Å²) in [6.07, 6.45) is 3.49. The van der Waals surface area contributed by atoms with E-state index < -0.39 is 48.0 Å². The number of nitrogens with zero attached hydrogens (tertiary/aromatic N) is 1. The number of ether oxygens (including phenoxy) is 1. The lowest BCUT2D eigenvalue weighted by Crippen LogP contribution is -2.52. The van der Waals surface area contributed by atoms with Gasteiger partial charge in [-0.15, -0.1) is 0 Å². The predicted molar refractivity (Wildman–Crippen MR) is 136 cm³/mol. The molecule has 0 spiro atoms. The van der Waals surface area contributed by atoms with Gasteiger partial charge in [0.2, 0.25) is 11.8 Å². The predicted octanol–water partition coefficient (Wildman–Crippen LogP) is 1.54. The molecule has 1 fully saturated rings. The van der Waals surface area contributed by atoms with Gasteiger partial charge in [-0.1, -0.05) is 18.2 Å². The molecule has 38 heavy (non-hydrogen) atoms. The molecule has 3 amide bonds. The lowest BCUT2D eigenvalue weighted by Gasteiger charge is -2.24. The molecule has 208 valence electrons. The van der Waals surface area contributed by atoms with Gasteiger partial charge >= 0.3 is 18.0 Å². The number of alkyl carbamates (subject to hydrolysis) is 1. The van der Waals surface area contributed by atoms with Gasteiger partial charge < -0.3 is 31.3 Å². The fraction of sp³-hybridized carbons (Fsp3) is 0.577. The lowest BCUT2D eigenvalue weighted by atomic mass is 10.1. The van der Waals surface area contributed by atoms with Crippen molar-refractivity contribution in [2.75, 3.05) is 11.4 Å². The van der Waals surface area contributed by atoms with Crippen LogP contribution in [0.1, 0.15) is 63.4 Å². The maximum atomic E-state index is 13.0. The standard InChI is InChI=1S/C26H36N4O8/c27-14-6-5-10-18(29-26(37)38-17-8-2-3-9-17)23(32)28-19(24(33)34)12-13-22(31)30-20-11-4-1-7-16(20)15-21(30)25(35)36/h1,4,7,11,17-19,21H,2-3,5-6,8-10,12-15,27H2,(H,28,32)(H,29,37)(H,33,34)(H,35,36)/t18-,19+,21-/m0/s1. The topological polar surface area (TPSA) is 188 Å². The Kier molecular flexibility index (Phi) is 10.5. The maximum Gasteiger partial charge on any atom is 0.408 e. The summed E-state index contributed by atoms with van der Waals surface area (Å²) in [5.74, 6) is -3.77. The van der Waals surface area contributed by atoms with Crippen LogP contribution in [0.3, 0.4) is 0 Å². The van der Waals surface area contributed by atoms with Gasteiger partial charge in [0.05, 0.1) is 0 Å². The molecule has 12 heteroatoms. The minimum absolute atomic E-state index is 0.156. The smallest absolute Gasteiger partial charge is 0.408 e. The molecule has 2 aliphatic rings. The van der Waals surface area contributed by atoms with Crippen LogP contribution in [0, 0.1) is 0 Å². The summed E-state index contributed by atoms with van der Waals surface area (Å²) in [6, 6.07) is 3.30. The Morgan fingerprint density at radius 2 is 1.71 bits per heavy atom. The highest BCUT2D eigenvalue weighted by Gasteiger charge is 2.38. The van der Waals surface area contributed by atoms with Crippen LogP contribution in [-0.4, -0.2) is 70.8 Å². The number of unbranched alkanes of at least 4 members (excludes halogenated alkanes) is 1. The van der Waals surface area contributed by atoms with Gasteiger partial charge in [0.25, 0.3) is 0 Å². The molecule has 0 saturated heterocycles.